The molecule has 186 valence electrons. The van der Waals surface area contributed by atoms with Crippen molar-refractivity contribution in [3.05, 3.63) is 53.1 Å². The minimum absolute atomic E-state index is 0.000337. The number of fused-ring (bicyclic) bond motifs is 2. The van der Waals surface area contributed by atoms with E-state index in [1.54, 1.807) is 19.1 Å². The predicted octanol–water partition coefficient (Wildman–Crippen LogP) is 4.99. The number of sulfonamides is 1. The zero-order valence-electron chi connectivity index (χ0n) is 20.2. The van der Waals surface area contributed by atoms with Crippen LogP contribution in [0, 0.1) is 5.41 Å². The highest BCUT2D eigenvalue weighted by molar-refractivity contribution is 7.92. The molecule has 0 aromatic heterocycles. The Morgan fingerprint density at radius 3 is 2.40 bits per heavy atom. The van der Waals surface area contributed by atoms with Crippen LogP contribution in [0.25, 0.3) is 0 Å². The van der Waals surface area contributed by atoms with Crippen molar-refractivity contribution in [2.45, 2.75) is 64.1 Å². The van der Waals surface area contributed by atoms with Crippen molar-refractivity contribution in [3.8, 4) is 0 Å². The monoisotopic (exact) mass is 495 g/mol. The van der Waals surface area contributed by atoms with Crippen LogP contribution in [0.5, 0.6) is 0 Å². The maximum Gasteiger partial charge on any atom is 0.257 e. The summed E-state index contributed by atoms with van der Waals surface area (Å²) in [4.78, 5) is 15.7. The van der Waals surface area contributed by atoms with Crippen LogP contribution < -0.4 is 14.9 Å². The number of nitrogens with zero attached hydrogens (tertiary/aromatic N) is 1. The number of hydrogen-bond acceptors (Lipinski definition) is 5. The maximum atomic E-state index is 13.5. The normalized spacial score (nSPS) is 21.5. The fourth-order valence-electron chi connectivity index (χ4n) is 5.81. The molecular formula is C27H33N3O4S. The lowest BCUT2D eigenvalue weighted by molar-refractivity contribution is -0.0943. The van der Waals surface area contributed by atoms with Crippen LogP contribution in [0.15, 0.2) is 36.4 Å². The van der Waals surface area contributed by atoms with Crippen molar-refractivity contribution < 1.29 is 17.9 Å². The second-order valence-corrected chi connectivity index (χ2v) is 12.7. The van der Waals surface area contributed by atoms with Crippen molar-refractivity contribution in [1.29, 1.82) is 0 Å². The molecule has 7 nitrogen and oxygen atoms in total. The molecule has 2 aliphatic carbocycles. The molecule has 0 atom stereocenters. The van der Waals surface area contributed by atoms with E-state index in [4.69, 9.17) is 4.74 Å². The van der Waals surface area contributed by atoms with Gasteiger partial charge in [-0.25, -0.2) is 8.42 Å². The minimum Gasteiger partial charge on any atom is -0.371 e. The average molecular weight is 496 g/mol. The number of amides is 1. The van der Waals surface area contributed by atoms with E-state index >= 15 is 0 Å². The summed E-state index contributed by atoms with van der Waals surface area (Å²) in [7, 11) is -3.41. The van der Waals surface area contributed by atoms with E-state index in [0.29, 0.717) is 23.3 Å². The summed E-state index contributed by atoms with van der Waals surface area (Å²) in [5.41, 5.74) is 5.36. The van der Waals surface area contributed by atoms with E-state index in [1.807, 2.05) is 12.1 Å². The first kappa shape index (κ1) is 22.9. The molecule has 2 heterocycles. The topological polar surface area (TPSA) is 87.7 Å². The molecule has 1 saturated heterocycles. The van der Waals surface area contributed by atoms with Crippen LogP contribution in [-0.2, 0) is 27.0 Å². The van der Waals surface area contributed by atoms with Crippen LogP contribution >= 0.6 is 0 Å². The molecule has 0 bridgehead atoms. The molecule has 2 saturated carbocycles. The van der Waals surface area contributed by atoms with Crippen LogP contribution in [0.2, 0.25) is 0 Å². The van der Waals surface area contributed by atoms with Crippen molar-refractivity contribution in [2.24, 2.45) is 5.41 Å². The SMILES string of the molecule is CCS(=O)(=O)Nc1ccc(C(=O)Nc2ccc3c(c2)C2(CCC2)OC3)c(N2CCC3(CC2)CC3)c1. The van der Waals surface area contributed by atoms with Crippen molar-refractivity contribution in [3.63, 3.8) is 0 Å². The summed E-state index contributed by atoms with van der Waals surface area (Å²) in [5, 5.41) is 3.10. The molecule has 0 unspecified atom stereocenters. The van der Waals surface area contributed by atoms with Gasteiger partial charge >= 0.3 is 0 Å². The summed E-state index contributed by atoms with van der Waals surface area (Å²) >= 11 is 0. The number of carbonyl (C=O) groups is 1. The Kier molecular flexibility index (Phi) is 5.38. The molecule has 1 amide bonds. The highest BCUT2D eigenvalue weighted by Gasteiger charge is 2.46. The molecule has 0 radical (unpaired) electrons. The largest absolute Gasteiger partial charge is 0.371 e. The maximum absolute atomic E-state index is 13.5. The minimum atomic E-state index is -3.41. The van der Waals surface area contributed by atoms with Gasteiger partial charge in [-0.2, -0.15) is 0 Å². The smallest absolute Gasteiger partial charge is 0.257 e. The zero-order chi connectivity index (χ0) is 24.3. The van der Waals surface area contributed by atoms with E-state index < -0.39 is 10.0 Å². The first-order chi connectivity index (χ1) is 16.8. The number of rotatable bonds is 6. The predicted molar refractivity (Wildman–Crippen MR) is 137 cm³/mol. The van der Waals surface area contributed by atoms with Gasteiger partial charge < -0.3 is 15.0 Å². The molecule has 35 heavy (non-hydrogen) atoms. The van der Waals surface area contributed by atoms with Gasteiger partial charge in [0.1, 0.15) is 0 Å². The molecular weight excluding hydrogens is 462 g/mol. The van der Waals surface area contributed by atoms with E-state index in [2.05, 4.69) is 27.1 Å². The summed E-state index contributed by atoms with van der Waals surface area (Å²) in [6.07, 6.45) is 8.07. The number of ether oxygens (including phenoxy) is 1. The van der Waals surface area contributed by atoms with Gasteiger partial charge in [0, 0.05) is 18.8 Å². The lowest BCUT2D eigenvalue weighted by Crippen LogP contribution is -2.35. The Labute approximate surface area is 207 Å². The zero-order valence-corrected chi connectivity index (χ0v) is 21.0. The fraction of sp³-hybridized carbons (Fsp3) is 0.519. The summed E-state index contributed by atoms with van der Waals surface area (Å²) < 4.78 is 33.1. The first-order valence-electron chi connectivity index (χ1n) is 12.8. The summed E-state index contributed by atoms with van der Waals surface area (Å²) in [5.74, 6) is -0.182. The Bertz CT molecular complexity index is 1270. The molecule has 3 fully saturated rings. The van der Waals surface area contributed by atoms with Crippen LogP contribution in [0.3, 0.4) is 0 Å². The van der Waals surface area contributed by atoms with Crippen molar-refractivity contribution in [2.75, 3.05) is 33.8 Å². The quantitative estimate of drug-likeness (QED) is 0.590. The second-order valence-electron chi connectivity index (χ2n) is 10.7. The van der Waals surface area contributed by atoms with Gasteiger partial charge in [-0.05, 0) is 98.7 Å². The van der Waals surface area contributed by atoms with Gasteiger partial charge in [0.2, 0.25) is 10.0 Å². The third-order valence-corrected chi connectivity index (χ3v) is 9.85. The standard InChI is InChI=1S/C27H33N3O4S/c1-2-35(32,33)29-21-6-7-22(24(17-21)30-14-12-26(10-11-26)13-15-30)25(31)28-20-5-4-19-18-34-27(8-3-9-27)23(19)16-20/h4-7,16-17,29H,2-3,8-15,18H2,1H3,(H,28,31). The molecule has 4 aliphatic rings. The van der Waals surface area contributed by atoms with Crippen molar-refractivity contribution in [1.82, 2.24) is 0 Å². The number of anilines is 3. The van der Waals surface area contributed by atoms with Gasteiger partial charge in [0.25, 0.3) is 5.91 Å². The Morgan fingerprint density at radius 2 is 1.74 bits per heavy atom. The second kappa shape index (κ2) is 8.23. The molecule has 2 aromatic rings. The number of benzene rings is 2. The Hall–Kier alpha value is -2.58. The molecule has 2 N–H and O–H groups in total. The van der Waals surface area contributed by atoms with E-state index in [1.165, 1.54) is 30.4 Å². The average Bonchev–Trinajstić information content (AvgIpc) is 3.45. The number of hydrogen-bond donors (Lipinski definition) is 2. The summed E-state index contributed by atoms with van der Waals surface area (Å²) in [6.45, 7) is 4.01. The van der Waals surface area contributed by atoms with Gasteiger partial charge in [0.15, 0.2) is 0 Å². The third-order valence-electron chi connectivity index (χ3n) is 8.54. The van der Waals surface area contributed by atoms with Gasteiger partial charge in [-0.15, -0.1) is 0 Å². The summed E-state index contributed by atoms with van der Waals surface area (Å²) in [6, 6.07) is 11.3. The molecule has 2 spiro atoms. The van der Waals surface area contributed by atoms with Crippen LogP contribution in [0.1, 0.15) is 73.4 Å². The highest BCUT2D eigenvalue weighted by Crippen LogP contribution is 2.54. The van der Waals surface area contributed by atoms with Crippen molar-refractivity contribution >= 4 is 33.0 Å². The molecule has 2 aliphatic heterocycles. The molecule has 6 rings (SSSR count). The van der Waals surface area contributed by atoms with Crippen LogP contribution in [0.4, 0.5) is 17.1 Å². The van der Waals surface area contributed by atoms with Gasteiger partial charge in [-0.1, -0.05) is 6.07 Å². The molecule has 2 aromatic carbocycles. The Balaban J connectivity index is 1.28. The fourth-order valence-corrected chi connectivity index (χ4v) is 6.44. The van der Waals surface area contributed by atoms with Crippen LogP contribution in [-0.4, -0.2) is 33.2 Å². The van der Waals surface area contributed by atoms with E-state index in [-0.39, 0.29) is 17.3 Å². The number of carbonyl (C=O) groups excluding carboxylic acids is 1. The van der Waals surface area contributed by atoms with E-state index in [0.717, 1.165) is 50.1 Å². The number of piperidine rings is 1. The van der Waals surface area contributed by atoms with Gasteiger partial charge in [0.05, 0.1) is 34.9 Å². The van der Waals surface area contributed by atoms with E-state index in [9.17, 15) is 13.2 Å². The molecule has 8 heteroatoms. The van der Waals surface area contributed by atoms with Gasteiger partial charge in [-0.3, -0.25) is 9.52 Å². The first-order valence-corrected chi connectivity index (χ1v) is 14.4. The lowest BCUT2D eigenvalue weighted by atomic mass is 9.75. The third kappa shape index (κ3) is 4.20. The number of nitrogens with one attached hydrogen (secondary N) is 2. The lowest BCUT2D eigenvalue weighted by Gasteiger charge is -2.38. The Morgan fingerprint density at radius 1 is 1.00 bits per heavy atom. The highest BCUT2D eigenvalue weighted by atomic mass is 32.2.